The Kier molecular flexibility index (Phi) is 11.8. The van der Waals surface area contributed by atoms with Crippen LogP contribution in [0.1, 0.15) is 85.8 Å². The topological polar surface area (TPSA) is 141 Å². The van der Waals surface area contributed by atoms with Crippen LogP contribution in [0.4, 0.5) is 17.1 Å². The zero-order valence-corrected chi connectivity index (χ0v) is 37.8. The van der Waals surface area contributed by atoms with Crippen molar-refractivity contribution in [3.63, 3.8) is 0 Å². The van der Waals surface area contributed by atoms with Gasteiger partial charge in [-0.1, -0.05) is 43.3 Å². The fourth-order valence-corrected chi connectivity index (χ4v) is 10.4. The number of carbonyl (C=O) groups is 3. The van der Waals surface area contributed by atoms with Gasteiger partial charge in [-0.2, -0.15) is 21.0 Å². The van der Waals surface area contributed by atoms with Crippen molar-refractivity contribution in [1.82, 2.24) is 0 Å². The SMILES string of the molecule is COc1cc2c(cc1OCc1cc(COc3cc4c(cc3C)C(=O)N3c5ccccc5C[C@H]3C(S(=O)(=O)OC)=C4)cc(NC(=O)CCC(C)S)c1)CC[C@@H]1Cc3ccccc3N1C2=O. The van der Waals surface area contributed by atoms with E-state index >= 15 is 0 Å². The van der Waals surface area contributed by atoms with Crippen LogP contribution in [0.2, 0.25) is 0 Å². The molecule has 3 amide bonds. The average Bonchev–Trinajstić information content (AvgIpc) is 3.79. The first kappa shape index (κ1) is 43.2. The average molecular weight is 900 g/mol. The number of hydrogen-bond donors (Lipinski definition) is 2. The summed E-state index contributed by atoms with van der Waals surface area (Å²) in [5, 5.41) is 3.08. The molecular formula is C50H49N3O9S2. The minimum atomic E-state index is -4.19. The van der Waals surface area contributed by atoms with Gasteiger partial charge >= 0.3 is 0 Å². The molecule has 0 spiro atoms. The maximum atomic E-state index is 14.3. The normalized spacial score (nSPS) is 17.7. The van der Waals surface area contributed by atoms with Gasteiger partial charge in [0.25, 0.3) is 21.9 Å². The van der Waals surface area contributed by atoms with Gasteiger partial charge in [-0.15, -0.1) is 0 Å². The Bertz CT molecular complexity index is 2860. The number of fused-ring (bicyclic) bond motifs is 8. The summed E-state index contributed by atoms with van der Waals surface area (Å²) in [5.74, 6) is 0.849. The first-order chi connectivity index (χ1) is 30.8. The number of amides is 3. The van der Waals surface area contributed by atoms with E-state index < -0.39 is 16.2 Å². The maximum Gasteiger partial charge on any atom is 0.294 e. The van der Waals surface area contributed by atoms with E-state index in [1.54, 1.807) is 30.2 Å². The van der Waals surface area contributed by atoms with Crippen molar-refractivity contribution < 1.29 is 41.2 Å². The summed E-state index contributed by atoms with van der Waals surface area (Å²) in [4.78, 5) is 44.8. The Morgan fingerprint density at radius 2 is 1.45 bits per heavy atom. The second-order valence-corrected chi connectivity index (χ2v) is 19.4. The molecule has 9 rings (SSSR count). The molecule has 0 aromatic heterocycles. The summed E-state index contributed by atoms with van der Waals surface area (Å²) in [6.07, 6.45) is 5.07. The van der Waals surface area contributed by atoms with Crippen molar-refractivity contribution in [2.45, 2.75) is 82.9 Å². The quantitative estimate of drug-likeness (QED) is 0.0878. The molecule has 0 bridgehead atoms. The van der Waals surface area contributed by atoms with Crippen LogP contribution in [0.5, 0.6) is 17.2 Å². The standard InChI is InChI=1S/C50H49N3O9S2/c1-29-17-39-36(25-47(64(57,58)60-4)43-22-35-10-6-8-12-42(35)53(43)50(39)56)24-44(29)61-27-31-18-32(20-37(19-31)51-48(54)16-13-30(2)63)28-62-46-23-33-14-15-38-21-34-9-5-7-11-41(34)52(38)49(55)40(33)26-45(46)59-3/h5-12,17-20,23-26,30,38,43,63H,13-16,21-22,27-28H2,1-4H3,(H,51,54)/t30?,38-,43+/m1/s1. The van der Waals surface area contributed by atoms with Gasteiger partial charge in [0.1, 0.15) is 19.0 Å². The van der Waals surface area contributed by atoms with Crippen LogP contribution in [0.3, 0.4) is 0 Å². The van der Waals surface area contributed by atoms with Crippen molar-refractivity contribution in [2.24, 2.45) is 0 Å². The van der Waals surface area contributed by atoms with E-state index in [1.165, 1.54) is 11.6 Å². The first-order valence-corrected chi connectivity index (χ1v) is 23.3. The van der Waals surface area contributed by atoms with Crippen molar-refractivity contribution >= 4 is 63.6 Å². The minimum absolute atomic E-state index is 0.0164. The van der Waals surface area contributed by atoms with E-state index in [0.29, 0.717) is 70.1 Å². The number of benzene rings is 5. The van der Waals surface area contributed by atoms with E-state index in [2.05, 4.69) is 24.0 Å². The zero-order chi connectivity index (χ0) is 44.9. The number of para-hydroxylation sites is 2. The fraction of sp³-hybridized carbons (Fsp3) is 0.300. The molecule has 4 aliphatic rings. The number of thiol groups is 1. The third-order valence-corrected chi connectivity index (χ3v) is 14.1. The van der Waals surface area contributed by atoms with E-state index in [1.807, 2.05) is 85.5 Å². The molecule has 330 valence electrons. The molecule has 1 unspecified atom stereocenters. The maximum absolute atomic E-state index is 14.3. The van der Waals surface area contributed by atoms with Crippen LogP contribution in [0, 0.1) is 6.92 Å². The van der Waals surface area contributed by atoms with Gasteiger partial charge in [0.15, 0.2) is 11.5 Å². The number of nitrogens with one attached hydrogen (secondary N) is 1. The van der Waals surface area contributed by atoms with Gasteiger partial charge < -0.3 is 24.4 Å². The highest BCUT2D eigenvalue weighted by molar-refractivity contribution is 7.91. The van der Waals surface area contributed by atoms with Crippen molar-refractivity contribution in [2.75, 3.05) is 29.3 Å². The molecular weight excluding hydrogens is 851 g/mol. The van der Waals surface area contributed by atoms with Crippen LogP contribution >= 0.6 is 12.6 Å². The third-order valence-electron chi connectivity index (χ3n) is 12.5. The Labute approximate surface area is 378 Å². The minimum Gasteiger partial charge on any atom is -0.493 e. The second-order valence-electron chi connectivity index (χ2n) is 16.8. The van der Waals surface area contributed by atoms with Gasteiger partial charge in [-0.3, -0.25) is 23.5 Å². The van der Waals surface area contributed by atoms with Crippen LogP contribution in [0.25, 0.3) is 6.08 Å². The summed E-state index contributed by atoms with van der Waals surface area (Å²) in [6, 6.07) is 27.5. The predicted molar refractivity (Wildman–Crippen MR) is 249 cm³/mol. The molecule has 1 N–H and O–H groups in total. The number of carbonyl (C=O) groups excluding carboxylic acids is 3. The number of nitrogens with zero attached hydrogens (tertiary/aromatic N) is 2. The molecule has 64 heavy (non-hydrogen) atoms. The fourth-order valence-electron chi connectivity index (χ4n) is 9.33. The van der Waals surface area contributed by atoms with Gasteiger partial charge in [-0.25, -0.2) is 0 Å². The van der Waals surface area contributed by atoms with Crippen molar-refractivity contribution in [3.8, 4) is 17.2 Å². The Balaban J connectivity index is 0.993. The number of hydrogen-bond acceptors (Lipinski definition) is 10. The molecule has 0 radical (unpaired) electrons. The predicted octanol–water partition coefficient (Wildman–Crippen LogP) is 8.62. The van der Waals surface area contributed by atoms with E-state index in [9.17, 15) is 22.8 Å². The largest absolute Gasteiger partial charge is 0.493 e. The van der Waals surface area contributed by atoms with Gasteiger partial charge in [0.05, 0.1) is 25.2 Å². The van der Waals surface area contributed by atoms with E-state index in [4.69, 9.17) is 18.4 Å². The molecule has 0 saturated carbocycles. The lowest BCUT2D eigenvalue weighted by atomic mass is 9.99. The van der Waals surface area contributed by atoms with Crippen LogP contribution in [-0.2, 0) is 51.6 Å². The lowest BCUT2D eigenvalue weighted by Gasteiger charge is -2.25. The van der Waals surface area contributed by atoms with Gasteiger partial charge in [-0.05, 0) is 137 Å². The van der Waals surface area contributed by atoms with Crippen molar-refractivity contribution in [1.29, 1.82) is 0 Å². The summed E-state index contributed by atoms with van der Waals surface area (Å²) in [7, 11) is -1.52. The highest BCUT2D eigenvalue weighted by Gasteiger charge is 2.43. The zero-order valence-electron chi connectivity index (χ0n) is 36.1. The molecule has 3 atom stereocenters. The molecule has 4 aliphatic heterocycles. The lowest BCUT2D eigenvalue weighted by molar-refractivity contribution is -0.116. The summed E-state index contributed by atoms with van der Waals surface area (Å²) >= 11 is 4.44. The number of aryl methyl sites for hydroxylation is 2. The lowest BCUT2D eigenvalue weighted by Crippen LogP contribution is -2.39. The second kappa shape index (κ2) is 17.5. The molecule has 5 aromatic rings. The third kappa shape index (κ3) is 8.25. The van der Waals surface area contributed by atoms with Crippen LogP contribution < -0.4 is 29.3 Å². The van der Waals surface area contributed by atoms with Crippen LogP contribution in [0.15, 0.2) is 95.9 Å². The number of ether oxygens (including phenoxy) is 3. The summed E-state index contributed by atoms with van der Waals surface area (Å²) in [5.41, 5.74) is 8.59. The number of rotatable bonds is 13. The molecule has 0 aliphatic carbocycles. The first-order valence-electron chi connectivity index (χ1n) is 21.4. The van der Waals surface area contributed by atoms with E-state index in [0.717, 1.165) is 47.9 Å². The molecule has 0 saturated heterocycles. The molecule has 0 fully saturated rings. The van der Waals surface area contributed by atoms with Crippen molar-refractivity contribution in [3.05, 3.63) is 146 Å². The molecule has 14 heteroatoms. The molecule has 4 heterocycles. The number of methoxy groups -OCH3 is 1. The summed E-state index contributed by atoms with van der Waals surface area (Å²) < 4.78 is 50.5. The highest BCUT2D eigenvalue weighted by atomic mass is 32.2. The summed E-state index contributed by atoms with van der Waals surface area (Å²) in [6.45, 7) is 3.95. The molecule has 5 aromatic carbocycles. The van der Waals surface area contributed by atoms with E-state index in [-0.39, 0.29) is 53.6 Å². The Morgan fingerprint density at radius 1 is 0.797 bits per heavy atom. The van der Waals surface area contributed by atoms with Gasteiger partial charge in [0.2, 0.25) is 5.91 Å². The van der Waals surface area contributed by atoms with Crippen LogP contribution in [-0.4, -0.2) is 57.7 Å². The smallest absolute Gasteiger partial charge is 0.294 e. The van der Waals surface area contributed by atoms with Gasteiger partial charge in [0, 0.05) is 47.1 Å². The number of anilines is 3. The monoisotopic (exact) mass is 899 g/mol. The Hall–Kier alpha value is -6.09. The molecule has 12 nitrogen and oxygen atoms in total. The highest BCUT2D eigenvalue weighted by Crippen LogP contribution is 2.43. The Morgan fingerprint density at radius 3 is 2.14 bits per heavy atom.